The summed E-state index contributed by atoms with van der Waals surface area (Å²) < 4.78 is 0. The smallest absolute Gasteiger partial charge is 0.153 e. The van der Waals surface area contributed by atoms with E-state index >= 15 is 0 Å². The largest absolute Gasteiger partial charge is 0.183 e. The predicted molar refractivity (Wildman–Crippen MR) is 297 cm³/mol. The Morgan fingerprint density at radius 2 is 0.449 bits per heavy atom. The van der Waals surface area contributed by atoms with E-state index in [1.165, 1.54) is 0 Å². The van der Waals surface area contributed by atoms with Crippen LogP contribution in [0.3, 0.4) is 0 Å². The average molecular weight is 967 g/mol. The summed E-state index contributed by atoms with van der Waals surface area (Å²) in [6.45, 7) is 3.58. The zero-order valence-corrected chi connectivity index (χ0v) is 40.8. The second-order valence-corrected chi connectivity index (χ2v) is 11.7. The first-order valence-electron chi connectivity index (χ1n) is 20.8. The van der Waals surface area contributed by atoms with Gasteiger partial charge in [-0.15, -0.1) is 0 Å². The van der Waals surface area contributed by atoms with E-state index in [4.69, 9.17) is 31.6 Å². The van der Waals surface area contributed by atoms with Crippen LogP contribution in [0.25, 0.3) is 0 Å². The normalized spacial score (nSPS) is 7.51. The van der Waals surface area contributed by atoms with Gasteiger partial charge < -0.3 is 0 Å². The van der Waals surface area contributed by atoms with Crippen molar-refractivity contribution in [1.82, 2.24) is 0 Å². The molecule has 1 atom stereocenters. The maximum Gasteiger partial charge on any atom is 0.153 e. The third kappa shape index (κ3) is 39.8. The molecular formula is C72H18N6. The van der Waals surface area contributed by atoms with Crippen LogP contribution in [0.5, 0.6) is 0 Å². The molecule has 1 unspecified atom stereocenters. The van der Waals surface area contributed by atoms with Gasteiger partial charge in [-0.3, -0.25) is 0 Å². The maximum atomic E-state index is 8.72. The second-order valence-electron chi connectivity index (χ2n) is 11.7. The molecule has 0 aliphatic carbocycles. The molecule has 0 aliphatic rings. The Morgan fingerprint density at radius 3 is 0.718 bits per heavy atom. The van der Waals surface area contributed by atoms with E-state index in [0.717, 1.165) is 0 Å². The Hall–Kier alpha value is -15.4. The van der Waals surface area contributed by atoms with Gasteiger partial charge in [-0.05, 0) is 146 Å². The van der Waals surface area contributed by atoms with E-state index in [9.17, 15) is 0 Å². The molecule has 0 aromatic heterocycles. The fraction of sp³-hybridized carbons (Fsp3) is 0.0833. The lowest BCUT2D eigenvalue weighted by molar-refractivity contribution is 0.985. The van der Waals surface area contributed by atoms with Crippen molar-refractivity contribution in [2.24, 2.45) is 5.92 Å². The first-order valence-corrected chi connectivity index (χ1v) is 20.8. The number of hydrogen-bond donors (Lipinski definition) is 0. The Morgan fingerprint density at radius 1 is 0.244 bits per heavy atom. The van der Waals surface area contributed by atoms with Crippen LogP contribution >= 0.6 is 0 Å². The van der Waals surface area contributed by atoms with Crippen molar-refractivity contribution in [3.63, 3.8) is 0 Å². The topological polar surface area (TPSA) is 143 Å². The van der Waals surface area contributed by atoms with Gasteiger partial charge in [0, 0.05) is 176 Å². The van der Waals surface area contributed by atoms with Crippen molar-refractivity contribution >= 4 is 0 Å². The van der Waals surface area contributed by atoms with Crippen LogP contribution in [-0.4, -0.2) is 0 Å². The Balaban J connectivity index is 8.80. The summed E-state index contributed by atoms with van der Waals surface area (Å²) in [5, 5.41) is 51.8. The minimum atomic E-state index is -0.962. The minimum absolute atomic E-state index is 0.121. The van der Waals surface area contributed by atoms with Gasteiger partial charge >= 0.3 is 0 Å². The zero-order valence-electron chi connectivity index (χ0n) is 40.8. The van der Waals surface area contributed by atoms with Gasteiger partial charge in [-0.2, -0.15) is 31.6 Å². The summed E-state index contributed by atoms with van der Waals surface area (Å²) in [4.78, 5) is 0. The zero-order chi connectivity index (χ0) is 56.7. The molecule has 0 saturated carbocycles. The lowest BCUT2D eigenvalue weighted by atomic mass is 9.88. The first-order chi connectivity index (χ1) is 38.5. The number of nitrogens with zero attached hydrogens (tertiary/aromatic N) is 6. The van der Waals surface area contributed by atoms with Crippen molar-refractivity contribution in [2.75, 3.05) is 0 Å². The van der Waals surface area contributed by atoms with Crippen LogP contribution in [0.1, 0.15) is 33.1 Å². The molecule has 0 fully saturated rings. The average Bonchev–Trinajstić information content (AvgIpc) is 3.45. The molecule has 0 aromatic rings. The second kappa shape index (κ2) is 51.0. The Bertz CT molecular complexity index is 4660. The van der Waals surface area contributed by atoms with E-state index < -0.39 is 5.92 Å². The molecular weight excluding hydrogens is 949 g/mol. The highest BCUT2D eigenvalue weighted by Crippen LogP contribution is 2.23. The summed E-state index contributed by atoms with van der Waals surface area (Å²) >= 11 is 0. The van der Waals surface area contributed by atoms with E-state index in [0.29, 0.717) is 34.3 Å². The fourth-order valence-corrected chi connectivity index (χ4v) is 3.96. The standard InChI is InChI=1S/C72H18N6/c1-3-67(49-37-25-13-8-20-32-44-62-74)55-56-69(51-39-27-15-10-22-34-46-64-76)58-60-71(53-41-29-17-12-24-36-48-66-78)72(54-42-30-18-6-5-7-19-31-43-61-73)70(52-40-28-16-11-23-35-47-65-77)59-57-68(4-2)50-38-26-14-9-21-33-45-63-75/h3-4,56,59-60,72H,55,57-58H2,1-2H3/b67-3+,68-4+,69-56+,70-59+,71-60+. The number of hydrogen-bond acceptors (Lipinski definition) is 6. The summed E-state index contributed by atoms with van der Waals surface area (Å²) in [6, 6.07) is 9.95. The Kier molecular flexibility index (Phi) is 41.0. The highest BCUT2D eigenvalue weighted by molar-refractivity contribution is 5.56. The molecule has 336 valence electrons. The monoisotopic (exact) mass is 966 g/mol. The molecule has 0 saturated heterocycles. The molecule has 6 nitrogen and oxygen atoms in total. The highest BCUT2D eigenvalue weighted by atomic mass is 14.2. The number of nitriles is 6. The quantitative estimate of drug-likeness (QED) is 0.324. The van der Waals surface area contributed by atoms with Gasteiger partial charge in [0.2, 0.25) is 0 Å². The van der Waals surface area contributed by atoms with Crippen molar-refractivity contribution in [3.05, 3.63) is 58.2 Å². The molecule has 0 N–H and O–H groups in total. The fourth-order valence-electron chi connectivity index (χ4n) is 3.96. The summed E-state index contributed by atoms with van der Waals surface area (Å²) in [7, 11) is 0. The van der Waals surface area contributed by atoms with E-state index in [1.54, 1.807) is 74.6 Å². The summed E-state index contributed by atoms with van der Waals surface area (Å²) in [6.07, 6.45) is 9.53. The Labute approximate surface area is 459 Å². The lowest BCUT2D eigenvalue weighted by Gasteiger charge is -2.12. The molecule has 0 heterocycles. The van der Waals surface area contributed by atoms with Crippen molar-refractivity contribution in [2.45, 2.75) is 33.1 Å². The molecule has 0 radical (unpaired) electrons. The van der Waals surface area contributed by atoms with Crippen molar-refractivity contribution in [1.29, 1.82) is 31.6 Å². The van der Waals surface area contributed by atoms with Crippen LogP contribution < -0.4 is 0 Å². The minimum Gasteiger partial charge on any atom is -0.183 e. The first kappa shape index (κ1) is 62.6. The van der Waals surface area contributed by atoms with E-state index in [-0.39, 0.29) is 12.8 Å². The number of rotatable bonds is 8. The highest BCUT2D eigenvalue weighted by Gasteiger charge is 2.15. The van der Waals surface area contributed by atoms with Gasteiger partial charge in [0.15, 0.2) is 36.4 Å². The van der Waals surface area contributed by atoms with E-state index in [1.807, 2.05) is 6.08 Å². The predicted octanol–water partition coefficient (Wildman–Crippen LogP) is 4.67. The van der Waals surface area contributed by atoms with Gasteiger partial charge in [0.1, 0.15) is 0 Å². The van der Waals surface area contributed by atoms with Gasteiger partial charge in [-0.1, -0.05) is 65.9 Å². The third-order valence-corrected chi connectivity index (χ3v) is 6.98. The third-order valence-electron chi connectivity index (χ3n) is 6.98. The molecule has 0 aliphatic heterocycles. The van der Waals surface area contributed by atoms with Crippen molar-refractivity contribution in [3.8, 4) is 332 Å². The van der Waals surface area contributed by atoms with Crippen LogP contribution in [-0.2, 0) is 0 Å². The van der Waals surface area contributed by atoms with Crippen molar-refractivity contribution < 1.29 is 0 Å². The maximum absolute atomic E-state index is 8.72. The molecule has 0 bridgehead atoms. The lowest BCUT2D eigenvalue weighted by Crippen LogP contribution is -2.05. The van der Waals surface area contributed by atoms with Gasteiger partial charge in [0.05, 0.1) is 5.92 Å². The van der Waals surface area contributed by atoms with Crippen LogP contribution in [0.15, 0.2) is 58.2 Å². The van der Waals surface area contributed by atoms with Gasteiger partial charge in [0.25, 0.3) is 0 Å². The molecule has 6 heteroatoms. The molecule has 0 spiro atoms. The molecule has 0 amide bonds. The molecule has 0 rings (SSSR count). The van der Waals surface area contributed by atoms with Gasteiger partial charge in [-0.25, -0.2) is 0 Å². The molecule has 78 heavy (non-hydrogen) atoms. The summed E-state index contributed by atoms with van der Waals surface area (Å²) in [5.74, 6) is 127. The number of allylic oxidation sites excluding steroid dienone is 10. The SMILES string of the molecule is C/C=C(\C#CC#CC#CC#CC#N)C/C=C(\C#CC#CC#CC#CC#N)C/C=C(\C#CC#CC#CC#CC#N)C(C#CC#CC#CC#CC#CC#N)/C(C#CC#CC#CC#CC#N)=C/C/C(C#CC#CC#CC#CC#N)=C/C. The van der Waals surface area contributed by atoms with Crippen LogP contribution in [0, 0.1) is 370 Å². The summed E-state index contributed by atoms with van der Waals surface area (Å²) in [5.41, 5.74) is 2.55. The van der Waals surface area contributed by atoms with Crippen LogP contribution in [0.4, 0.5) is 0 Å². The van der Waals surface area contributed by atoms with E-state index in [2.05, 4.69) is 296 Å². The van der Waals surface area contributed by atoms with Crippen LogP contribution in [0.2, 0.25) is 0 Å². The molecule has 0 aromatic carbocycles.